The maximum absolute atomic E-state index is 8.92. The van der Waals surface area contributed by atoms with Crippen LogP contribution in [0.3, 0.4) is 0 Å². The molecule has 7 heteroatoms. The summed E-state index contributed by atoms with van der Waals surface area (Å²) in [5.74, 6) is 0. The van der Waals surface area contributed by atoms with Gasteiger partial charge in [-0.25, -0.2) is 0 Å². The van der Waals surface area contributed by atoms with Gasteiger partial charge in [0.15, 0.2) is 0 Å². The quantitative estimate of drug-likeness (QED) is 0.350. The van der Waals surface area contributed by atoms with E-state index in [1.165, 1.54) is 6.42 Å². The molecule has 0 saturated heterocycles. The Morgan fingerprint density at radius 1 is 1.27 bits per heavy atom. The molecule has 0 heterocycles. The van der Waals surface area contributed by atoms with Crippen molar-refractivity contribution in [2.75, 3.05) is 0 Å². The number of hydrogen-bond acceptors (Lipinski definition) is 4. The summed E-state index contributed by atoms with van der Waals surface area (Å²) in [6.07, 6.45) is 2.28. The molecule has 0 N–H and O–H groups in total. The van der Waals surface area contributed by atoms with Crippen molar-refractivity contribution in [3.05, 3.63) is 6.92 Å². The van der Waals surface area contributed by atoms with E-state index in [0.29, 0.717) is 0 Å². The van der Waals surface area contributed by atoms with Gasteiger partial charge in [-0.05, 0) is 0 Å². The first-order valence-electron chi connectivity index (χ1n) is 2.44. The van der Waals surface area contributed by atoms with Crippen LogP contribution in [0, 0.1) is 6.92 Å². The van der Waals surface area contributed by atoms with Gasteiger partial charge in [0.25, 0.3) is 0 Å². The van der Waals surface area contributed by atoms with Crippen LogP contribution < -0.4 is 14.7 Å². The van der Waals surface area contributed by atoms with E-state index in [1.54, 1.807) is 0 Å². The number of unbranched alkanes of at least 4 members (excludes halogenated alkanes) is 1. The summed E-state index contributed by atoms with van der Waals surface area (Å²) < 4.78 is 0. The van der Waals surface area contributed by atoms with Crippen LogP contribution in [0.5, 0.6) is 0 Å². The minimum Gasteiger partial charge on any atom is -0.844 e. The van der Waals surface area contributed by atoms with E-state index in [1.807, 2.05) is 0 Å². The number of rotatable bonds is 1. The summed E-state index contributed by atoms with van der Waals surface area (Å²) in [4.78, 5) is 26.8. The zero-order valence-electron chi connectivity index (χ0n) is 6.62. The van der Waals surface area contributed by atoms with Gasteiger partial charge >= 0.3 is 39.0 Å². The standard InChI is InChI=1S/C4H9.H3O3PS.2Zn/c1-3-4-2;1-4(2,3)5;;/h1,3-4H2,2H3;(H3,1,2,3,5);;/q-1;;2*+2/p-3. The van der Waals surface area contributed by atoms with Crippen molar-refractivity contribution in [1.29, 1.82) is 0 Å². The molecule has 0 aliphatic heterocycles. The van der Waals surface area contributed by atoms with Gasteiger partial charge in [-0.2, -0.15) is 18.2 Å². The van der Waals surface area contributed by atoms with Crippen molar-refractivity contribution < 1.29 is 53.6 Å². The van der Waals surface area contributed by atoms with E-state index in [0.717, 1.165) is 6.42 Å². The SMILES string of the molecule is [CH2-]CCC.[O-]P([O-])([O-])=S.[Zn+2].[Zn+2]. The van der Waals surface area contributed by atoms with Crippen molar-refractivity contribution in [1.82, 2.24) is 0 Å². The molecule has 0 fully saturated rings. The van der Waals surface area contributed by atoms with E-state index >= 15 is 0 Å². The molecule has 0 aliphatic carbocycles. The zero-order valence-corrected chi connectivity index (χ0v) is 14.3. The summed E-state index contributed by atoms with van der Waals surface area (Å²) >= 11 is 3.27. The Hall–Kier alpha value is 1.78. The van der Waals surface area contributed by atoms with Crippen LogP contribution in [0.2, 0.25) is 0 Å². The molecule has 3 nitrogen and oxygen atoms in total. The molecule has 0 unspecified atom stereocenters. The summed E-state index contributed by atoms with van der Waals surface area (Å²) in [5, 5.41) is 0. The fourth-order valence-electron chi connectivity index (χ4n) is 0. The third-order valence-corrected chi connectivity index (χ3v) is 0.354. The first kappa shape index (κ1) is 23.0. The van der Waals surface area contributed by atoms with E-state index in [-0.39, 0.29) is 39.0 Å². The van der Waals surface area contributed by atoms with Crippen LogP contribution in [-0.4, -0.2) is 0 Å². The smallest absolute Gasteiger partial charge is 0.844 e. The molecule has 0 saturated carbocycles. The molecule has 0 spiro atoms. The summed E-state index contributed by atoms with van der Waals surface area (Å²) in [6.45, 7) is 1.17. The van der Waals surface area contributed by atoms with Gasteiger partial charge in [0.2, 0.25) is 0 Å². The minimum absolute atomic E-state index is 0. The average molecular weight is 299 g/mol. The minimum atomic E-state index is -4.56. The maximum Gasteiger partial charge on any atom is 2.00 e. The van der Waals surface area contributed by atoms with Gasteiger partial charge < -0.3 is 28.3 Å². The van der Waals surface area contributed by atoms with Crippen LogP contribution in [-0.2, 0) is 50.8 Å². The van der Waals surface area contributed by atoms with Gasteiger partial charge in [0.05, 0.1) is 0 Å². The maximum atomic E-state index is 8.92. The Morgan fingerprint density at radius 2 is 1.36 bits per heavy atom. The zero-order chi connectivity index (χ0) is 7.91. The van der Waals surface area contributed by atoms with Gasteiger partial charge in [0, 0.05) is 0 Å². The molecule has 0 aromatic heterocycles. The topological polar surface area (TPSA) is 69.2 Å². The Labute approximate surface area is 98.4 Å². The van der Waals surface area contributed by atoms with Crippen LogP contribution >= 0.6 is 6.72 Å². The Bertz CT molecular complexity index is 87.1. The molecule has 0 aromatic rings. The molecule has 0 atom stereocenters. The summed E-state index contributed by atoms with van der Waals surface area (Å²) in [7, 11) is 0. The molecule has 0 bridgehead atoms. The van der Waals surface area contributed by atoms with E-state index in [4.69, 9.17) is 14.7 Å². The van der Waals surface area contributed by atoms with E-state index in [2.05, 4.69) is 25.7 Å². The largest absolute Gasteiger partial charge is 2.00 e. The molecule has 0 rings (SSSR count). The van der Waals surface area contributed by atoms with E-state index < -0.39 is 6.72 Å². The molecule has 0 aliphatic rings. The van der Waals surface area contributed by atoms with Crippen LogP contribution in [0.4, 0.5) is 0 Å². The van der Waals surface area contributed by atoms with Crippen molar-refractivity contribution in [3.8, 4) is 0 Å². The Balaban J connectivity index is -0.0000000383. The monoisotopic (exact) mass is 296 g/mol. The van der Waals surface area contributed by atoms with Crippen molar-refractivity contribution in [3.63, 3.8) is 0 Å². The molecule has 11 heavy (non-hydrogen) atoms. The van der Waals surface area contributed by atoms with E-state index in [9.17, 15) is 0 Å². The third-order valence-electron chi connectivity index (χ3n) is 0.354. The molecule has 0 aromatic carbocycles. The average Bonchev–Trinajstić information content (AvgIpc) is 1.61. The van der Waals surface area contributed by atoms with Crippen molar-refractivity contribution >= 4 is 18.5 Å². The molecule has 0 radical (unpaired) electrons. The predicted octanol–water partition coefficient (Wildman–Crippen LogP) is -1.09. The van der Waals surface area contributed by atoms with Gasteiger partial charge in [-0.3, -0.25) is 0 Å². The van der Waals surface area contributed by atoms with Crippen LogP contribution in [0.15, 0.2) is 0 Å². The van der Waals surface area contributed by atoms with Crippen LogP contribution in [0.25, 0.3) is 0 Å². The van der Waals surface area contributed by atoms with Gasteiger partial charge in [-0.1, -0.05) is 13.3 Å². The first-order chi connectivity index (χ1) is 3.91. The fourth-order valence-corrected chi connectivity index (χ4v) is 0. The molecular formula is C4H9O3PSZn2. The second-order valence-corrected chi connectivity index (χ2v) is 3.54. The molecule has 0 amide bonds. The predicted molar refractivity (Wildman–Crippen MR) is 34.5 cm³/mol. The second-order valence-electron chi connectivity index (χ2n) is 1.30. The normalized spacial score (nSPS) is 8.09. The Morgan fingerprint density at radius 3 is 1.36 bits per heavy atom. The van der Waals surface area contributed by atoms with Crippen LogP contribution in [0.1, 0.15) is 19.8 Å². The first-order valence-corrected chi connectivity index (χ1v) is 4.99. The van der Waals surface area contributed by atoms with Gasteiger partial charge in [0.1, 0.15) is 0 Å². The third kappa shape index (κ3) is 146. The van der Waals surface area contributed by atoms with Gasteiger partial charge in [-0.15, -0.1) is 0 Å². The summed E-state index contributed by atoms with van der Waals surface area (Å²) in [5.41, 5.74) is 0. The Kier molecular flexibility index (Phi) is 29.9. The second kappa shape index (κ2) is 14.3. The van der Waals surface area contributed by atoms with Crippen molar-refractivity contribution in [2.45, 2.75) is 19.8 Å². The number of hydrogen-bond donors (Lipinski definition) is 0. The summed E-state index contributed by atoms with van der Waals surface area (Å²) in [6, 6.07) is 0. The van der Waals surface area contributed by atoms with Crippen molar-refractivity contribution in [2.24, 2.45) is 0 Å². The fraction of sp³-hybridized carbons (Fsp3) is 0.750. The molecule has 58 valence electrons. The molecular weight excluding hydrogens is 290 g/mol.